The van der Waals surface area contributed by atoms with Crippen molar-refractivity contribution >= 4 is 67.9 Å². The van der Waals surface area contributed by atoms with Crippen molar-refractivity contribution in [3.63, 3.8) is 0 Å². The van der Waals surface area contributed by atoms with E-state index >= 15 is 17.6 Å². The van der Waals surface area contributed by atoms with E-state index in [1.807, 2.05) is 119 Å². The van der Waals surface area contributed by atoms with E-state index in [0.717, 1.165) is 237 Å². The number of hydrogen-bond donors (Lipinski definition) is 0. The van der Waals surface area contributed by atoms with Crippen LogP contribution in [0, 0.1) is 44.9 Å². The third kappa shape index (κ3) is 21.4. The number of pyridine rings is 5. The van der Waals surface area contributed by atoms with Crippen LogP contribution < -0.4 is 56.8 Å². The van der Waals surface area contributed by atoms with Crippen molar-refractivity contribution in [1.29, 1.82) is 0 Å². The molecule has 12 aliphatic rings. The van der Waals surface area contributed by atoms with Gasteiger partial charge in [0.05, 0.1) is 142 Å². The average molecular weight is 1980 g/mol. The Balaban J connectivity index is 0.000000114. The van der Waals surface area contributed by atoms with Gasteiger partial charge in [-0.15, -0.1) is 0 Å². The van der Waals surface area contributed by atoms with Crippen molar-refractivity contribution < 1.29 is 93.4 Å². The number of nitrogens with zero attached hydrogens (tertiary/aromatic N) is 9. The Morgan fingerprint density at radius 2 is 0.579 bits per heavy atom. The van der Waals surface area contributed by atoms with Crippen molar-refractivity contribution in [2.45, 2.75) is 111 Å². The molecule has 8 saturated heterocycles. The summed E-state index contributed by atoms with van der Waals surface area (Å²) in [6.45, 7) is 30.8. The van der Waals surface area contributed by atoms with Crippen molar-refractivity contribution in [2.24, 2.45) is 21.7 Å². The molecule has 0 N–H and O–H groups in total. The van der Waals surface area contributed by atoms with Crippen LogP contribution in [0.15, 0.2) is 162 Å². The normalized spacial score (nSPS) is 18.3. The Hall–Kier alpha value is -12.7. The molecule has 13 heterocycles. The van der Waals surface area contributed by atoms with E-state index in [9.17, 15) is 0 Å². The van der Waals surface area contributed by atoms with Gasteiger partial charge in [-0.25, -0.2) is 17.6 Å². The molecule has 4 spiro atoms. The highest BCUT2D eigenvalue weighted by molar-refractivity contribution is 5.92. The molecule has 8 aliphatic heterocycles. The zero-order chi connectivity index (χ0) is 99.5. The molecule has 0 atom stereocenters. The fourth-order valence-corrected chi connectivity index (χ4v) is 21.9. The smallest absolute Gasteiger partial charge is 0.181 e. The Morgan fingerprint density at radius 1 is 0.290 bits per heavy atom. The Bertz CT molecular complexity index is 6770. The number of allylic oxidation sites excluding steroid dienone is 4. The van der Waals surface area contributed by atoms with Gasteiger partial charge in [0.25, 0.3) is 0 Å². The van der Waals surface area contributed by atoms with Crippen LogP contribution in [0.3, 0.4) is 0 Å². The fraction of sp³-hybridized carbons (Fsp3) is 0.422. The van der Waals surface area contributed by atoms with Crippen LogP contribution in [0.1, 0.15) is 130 Å². The largest absolute Gasteiger partial charge is 0.493 e. The third-order valence-corrected chi connectivity index (χ3v) is 30.3. The molecule has 0 radical (unpaired) electrons. The number of ether oxygens (including phenoxy) is 16. The number of methoxy groups -OCH3 is 4. The first kappa shape index (κ1) is 98.3. The average Bonchev–Trinajstić information content (AvgIpc) is 1.67. The predicted molar refractivity (Wildman–Crippen MR) is 549 cm³/mol. The molecule has 145 heavy (non-hydrogen) atoms. The van der Waals surface area contributed by atoms with Crippen LogP contribution in [0.4, 0.5) is 17.6 Å². The number of fused-ring (bicyclic) bond motifs is 8. The van der Waals surface area contributed by atoms with E-state index in [0.29, 0.717) is 173 Å². The molecular formula is C116H125F4N9O16. The van der Waals surface area contributed by atoms with Gasteiger partial charge in [-0.1, -0.05) is 64.8 Å². The molecule has 7 aromatic carbocycles. The Morgan fingerprint density at radius 3 is 0.903 bits per heavy atom. The lowest BCUT2D eigenvalue weighted by Crippen LogP contribution is -2.65. The SMILES string of the molecule is COc1cc2c(Oc3ccc4c(c3F)C=C(C)C4)ccnc2cc1OCCCN1CC2(COC2)C1.COc1cc2c(Oc3ccc4c(c3F)C=C(C)C4)ccnc2cc1OCCCN1CCC2(CC1)COC2.COc1cc2c(Oc3ccc4c(c3F)C=C(C)C4)ccnc2cc1OCCCN1CCC2(COC2)C1.COc1cc2c(Oc3cnc4c(c3F)C=C(C)C4)ccnc2cc1OCCCN1CCC2(CC1)COC2. The number of halogens is 4. The Kier molecular flexibility index (Phi) is 29.0. The van der Waals surface area contributed by atoms with Crippen LogP contribution in [-0.2, 0) is 44.6 Å². The summed E-state index contributed by atoms with van der Waals surface area (Å²) in [4.78, 5) is 32.3. The van der Waals surface area contributed by atoms with Crippen LogP contribution in [0.2, 0.25) is 0 Å². The number of likely N-dealkylation sites (tertiary alicyclic amines) is 4. The molecule has 24 rings (SSSR count). The van der Waals surface area contributed by atoms with Crippen LogP contribution >= 0.6 is 0 Å². The second kappa shape index (κ2) is 42.8. The summed E-state index contributed by atoms with van der Waals surface area (Å²) in [5.74, 6) is 6.25. The highest BCUT2D eigenvalue weighted by Crippen LogP contribution is 2.49. The fourth-order valence-electron chi connectivity index (χ4n) is 21.9. The maximum absolute atomic E-state index is 15.2. The van der Waals surface area contributed by atoms with Gasteiger partial charge in [0.1, 0.15) is 23.0 Å². The summed E-state index contributed by atoms with van der Waals surface area (Å²) < 4.78 is 153. The van der Waals surface area contributed by atoms with E-state index in [1.165, 1.54) is 38.3 Å². The first-order valence-corrected chi connectivity index (χ1v) is 50.7. The topological polar surface area (TPSA) is 225 Å². The second-order valence-electron chi connectivity index (χ2n) is 41.2. The van der Waals surface area contributed by atoms with Crippen LogP contribution in [-0.4, -0.2) is 231 Å². The first-order valence-electron chi connectivity index (χ1n) is 50.7. The molecular weight excluding hydrogens is 1850 g/mol. The molecule has 0 saturated carbocycles. The van der Waals surface area contributed by atoms with Crippen molar-refractivity contribution in [2.75, 3.05) is 186 Å². The van der Waals surface area contributed by atoms with E-state index in [4.69, 9.17) is 75.8 Å². The molecule has 8 fully saturated rings. The molecule has 4 aliphatic carbocycles. The number of piperidine rings is 2. The monoisotopic (exact) mass is 1980 g/mol. The number of hydrogen-bond acceptors (Lipinski definition) is 25. The lowest BCUT2D eigenvalue weighted by Gasteiger charge is -2.55. The maximum Gasteiger partial charge on any atom is 0.181 e. The van der Waals surface area contributed by atoms with Crippen molar-refractivity contribution in [3.8, 4) is 92.0 Å². The minimum absolute atomic E-state index is 0.0879. The summed E-state index contributed by atoms with van der Waals surface area (Å²) in [5, 5.41) is 2.91. The summed E-state index contributed by atoms with van der Waals surface area (Å²) in [7, 11) is 6.45. The molecule has 758 valence electrons. The quantitative estimate of drug-likeness (QED) is 0.0282. The van der Waals surface area contributed by atoms with Crippen molar-refractivity contribution in [1.82, 2.24) is 44.5 Å². The van der Waals surface area contributed by atoms with E-state index in [1.54, 1.807) is 95.7 Å². The summed E-state index contributed by atoms with van der Waals surface area (Å²) >= 11 is 0. The number of benzene rings is 7. The van der Waals surface area contributed by atoms with Crippen LogP contribution in [0.25, 0.3) is 67.9 Å². The number of aromatic nitrogens is 5. The molecule has 0 bridgehead atoms. The van der Waals surface area contributed by atoms with Gasteiger partial charge in [0.2, 0.25) is 0 Å². The first-order chi connectivity index (χ1) is 70.6. The van der Waals surface area contributed by atoms with Gasteiger partial charge in [-0.3, -0.25) is 24.9 Å². The predicted octanol–water partition coefficient (Wildman–Crippen LogP) is 22.3. The summed E-state index contributed by atoms with van der Waals surface area (Å²) in [5.41, 5.74) is 15.1. The van der Waals surface area contributed by atoms with E-state index < -0.39 is 5.82 Å². The van der Waals surface area contributed by atoms with Gasteiger partial charge in [0, 0.05) is 167 Å². The molecule has 0 unspecified atom stereocenters. The van der Waals surface area contributed by atoms with Crippen molar-refractivity contribution in [3.05, 3.63) is 230 Å². The Labute approximate surface area is 842 Å². The summed E-state index contributed by atoms with van der Waals surface area (Å²) in [6.07, 6.45) is 28.4. The number of rotatable bonds is 32. The third-order valence-electron chi connectivity index (χ3n) is 30.3. The zero-order valence-electron chi connectivity index (χ0n) is 83.8. The van der Waals surface area contributed by atoms with Gasteiger partial charge in [-0.05, 0) is 221 Å². The highest BCUT2D eigenvalue weighted by atomic mass is 19.1. The molecule has 29 heteroatoms. The lowest BCUT2D eigenvalue weighted by molar-refractivity contribution is -0.189. The molecule has 12 aromatic rings. The zero-order valence-corrected chi connectivity index (χ0v) is 83.8. The van der Waals surface area contributed by atoms with Crippen LogP contribution in [0.5, 0.6) is 92.0 Å². The second-order valence-corrected chi connectivity index (χ2v) is 41.2. The summed E-state index contributed by atoms with van der Waals surface area (Å²) in [6, 6.07) is 32.6. The minimum Gasteiger partial charge on any atom is -0.493 e. The standard InChI is InChI=1S/C30H33FN2O4.C29H32FN3O4.C29H31FN2O4.C28H29FN2O4/c1-20-14-21-4-5-26(29(31)22(21)15-20)37-25-6-9-32-24-17-28(27(34-2)16-23(24)25)36-13-3-10-33-11-7-30(8-12-33)18-35-19-30;1-19-12-21-22(13-19)32-16-27(28(21)30)37-24-4-7-31-23-15-26(25(34-2)14-20(23)24)36-11-3-8-33-9-5-29(6-10-33)17-35-18-29;1-19-12-20-4-5-25(28(30)21(20)13-19)36-24-6-8-31-23-15-27(26(33-2)14-22(23)24)35-11-3-9-32-10-7-29(16-32)17-34-18-29;1-18-10-19-4-5-24(27(29)20(19)11-18)35-23-6-7-30-22-13-26(25(32-2)12-21(22)23)34-9-3-8-31-14-28(15-31)16-33-17-28/h4-6,9,15-17H,3,7-8,10-14,18-19H2,1-2H3;4,7,12,14-16H,3,5-6,8-11,13,17-18H2,1-2H3;4-6,8,13-15H,3,7,9-12,16-18H2,1-2H3;4-7,11-13H,3,8-10,14-17H2,1-2H3. The van der Waals surface area contributed by atoms with E-state index in [2.05, 4.69) is 44.5 Å². The van der Waals surface area contributed by atoms with Gasteiger partial charge < -0.3 is 95.4 Å². The maximum atomic E-state index is 15.2. The van der Waals surface area contributed by atoms with Gasteiger partial charge in [-0.2, -0.15) is 0 Å². The lowest BCUT2D eigenvalue weighted by atomic mass is 9.77. The molecule has 25 nitrogen and oxygen atoms in total. The molecule has 0 amide bonds. The molecule has 5 aromatic heterocycles. The minimum atomic E-state index is -0.399. The highest BCUT2D eigenvalue weighted by Gasteiger charge is 2.49. The van der Waals surface area contributed by atoms with Gasteiger partial charge >= 0.3 is 0 Å². The van der Waals surface area contributed by atoms with Gasteiger partial charge in [0.15, 0.2) is 92.3 Å². The van der Waals surface area contributed by atoms with E-state index in [-0.39, 0.29) is 40.4 Å².